The van der Waals surface area contributed by atoms with Crippen molar-refractivity contribution in [1.29, 1.82) is 0 Å². The fourth-order valence-electron chi connectivity index (χ4n) is 4.05. The van der Waals surface area contributed by atoms with Crippen LogP contribution in [0.5, 0.6) is 0 Å². The minimum absolute atomic E-state index is 0.129. The van der Waals surface area contributed by atoms with Gasteiger partial charge in [-0.1, -0.05) is 12.1 Å². The quantitative estimate of drug-likeness (QED) is 0.206. The highest BCUT2D eigenvalue weighted by atomic mass is 19.4. The third kappa shape index (κ3) is 6.87. The lowest BCUT2D eigenvalue weighted by atomic mass is 10.0. The Morgan fingerprint density at radius 2 is 1.74 bits per heavy atom. The molecule has 42 heavy (non-hydrogen) atoms. The molecular formula is C27H24F5N5O5. The monoisotopic (exact) mass is 593 g/mol. The van der Waals surface area contributed by atoms with Gasteiger partial charge >= 0.3 is 6.18 Å². The van der Waals surface area contributed by atoms with Crippen molar-refractivity contribution < 1.29 is 41.7 Å². The van der Waals surface area contributed by atoms with E-state index in [0.29, 0.717) is 11.1 Å². The lowest BCUT2D eigenvalue weighted by Crippen LogP contribution is -2.29. The van der Waals surface area contributed by atoms with E-state index in [0.717, 1.165) is 28.8 Å². The highest BCUT2D eigenvalue weighted by Gasteiger charge is 2.28. The van der Waals surface area contributed by atoms with E-state index in [1.165, 1.54) is 18.2 Å². The maximum atomic E-state index is 14.8. The summed E-state index contributed by atoms with van der Waals surface area (Å²) in [4.78, 5) is 33.9. The zero-order chi connectivity index (χ0) is 30.6. The van der Waals surface area contributed by atoms with E-state index in [9.17, 15) is 41.8 Å². The van der Waals surface area contributed by atoms with Crippen molar-refractivity contribution >= 4 is 28.6 Å². The zero-order valence-electron chi connectivity index (χ0n) is 21.9. The summed E-state index contributed by atoms with van der Waals surface area (Å²) in [5, 5.41) is 24.4. The minimum Gasteiger partial charge on any atom is -0.394 e. The first-order valence-corrected chi connectivity index (χ1v) is 12.3. The molecule has 15 heteroatoms. The number of aliphatic hydroxyl groups is 2. The summed E-state index contributed by atoms with van der Waals surface area (Å²) in [6.07, 6.45) is -4.60. The Morgan fingerprint density at radius 1 is 1.05 bits per heavy atom. The predicted molar refractivity (Wildman–Crippen MR) is 142 cm³/mol. The standard InChI is InChI=1S/C27H24F5N5O5/c1-14-5-6-15(33-21(40)12-42-13-27(30,31)32)9-18(14)23-17-7-8-22(41)37(24-19(28)3-2-4-20(24)29)25(17)36-26(35-23)34-16(10-38)11-39/h2-9,16,38-39H,10-13H2,1H3,(H,33,40)(H,34,35,36). The second-order valence-corrected chi connectivity index (χ2v) is 9.10. The summed E-state index contributed by atoms with van der Waals surface area (Å²) in [5.41, 5.74) is -0.506. The molecule has 4 N–H and O–H groups in total. The van der Waals surface area contributed by atoms with Gasteiger partial charge in [-0.15, -0.1) is 0 Å². The van der Waals surface area contributed by atoms with Crippen molar-refractivity contribution in [2.24, 2.45) is 0 Å². The molecule has 0 atom stereocenters. The fourth-order valence-corrected chi connectivity index (χ4v) is 4.05. The molecule has 4 aromatic rings. The van der Waals surface area contributed by atoms with Gasteiger partial charge in [-0.25, -0.2) is 13.8 Å². The minimum atomic E-state index is -4.60. The molecule has 0 saturated carbocycles. The van der Waals surface area contributed by atoms with Crippen LogP contribution in [0.3, 0.4) is 0 Å². The van der Waals surface area contributed by atoms with Gasteiger partial charge in [0.1, 0.15) is 30.5 Å². The SMILES string of the molecule is Cc1ccc(NC(=O)COCC(F)(F)F)cc1-c1nc(NC(CO)CO)nc2c1ccc(=O)n2-c1c(F)cccc1F. The van der Waals surface area contributed by atoms with E-state index in [1.807, 2.05) is 0 Å². The third-order valence-electron chi connectivity index (χ3n) is 5.96. The number of carbonyl (C=O) groups excluding carboxylic acids is 1. The number of nitrogens with one attached hydrogen (secondary N) is 2. The summed E-state index contributed by atoms with van der Waals surface area (Å²) in [5.74, 6) is -3.16. The number of halogens is 5. The lowest BCUT2D eigenvalue weighted by molar-refractivity contribution is -0.174. The number of anilines is 2. The van der Waals surface area contributed by atoms with Crippen molar-refractivity contribution in [1.82, 2.24) is 14.5 Å². The first-order valence-electron chi connectivity index (χ1n) is 12.3. The molecule has 0 fully saturated rings. The third-order valence-corrected chi connectivity index (χ3v) is 5.96. The van der Waals surface area contributed by atoms with Crippen LogP contribution < -0.4 is 16.2 Å². The van der Waals surface area contributed by atoms with Gasteiger partial charge in [-0.3, -0.25) is 14.2 Å². The number of hydrogen-bond donors (Lipinski definition) is 4. The molecule has 4 rings (SSSR count). The summed E-state index contributed by atoms with van der Waals surface area (Å²) in [7, 11) is 0. The number of nitrogens with zero attached hydrogens (tertiary/aromatic N) is 3. The number of aliphatic hydroxyl groups excluding tert-OH is 2. The Kier molecular flexibility index (Phi) is 9.14. The first kappa shape index (κ1) is 30.5. The largest absolute Gasteiger partial charge is 0.411 e. The van der Waals surface area contributed by atoms with Crippen LogP contribution in [0.1, 0.15) is 5.56 Å². The van der Waals surface area contributed by atoms with Crippen molar-refractivity contribution in [3.63, 3.8) is 0 Å². The average Bonchev–Trinajstić information content (AvgIpc) is 2.92. The number of hydrogen-bond acceptors (Lipinski definition) is 8. The second-order valence-electron chi connectivity index (χ2n) is 9.10. The van der Waals surface area contributed by atoms with E-state index < -0.39 is 67.4 Å². The molecular weight excluding hydrogens is 569 g/mol. The van der Waals surface area contributed by atoms with Gasteiger partial charge in [0.25, 0.3) is 5.56 Å². The number of pyridine rings is 1. The molecule has 0 aliphatic heterocycles. The Balaban J connectivity index is 1.88. The van der Waals surface area contributed by atoms with Crippen LogP contribution in [0.4, 0.5) is 33.6 Å². The molecule has 222 valence electrons. The normalized spacial score (nSPS) is 11.7. The molecule has 0 spiro atoms. The van der Waals surface area contributed by atoms with Crippen LogP contribution in [0.2, 0.25) is 0 Å². The Hall–Kier alpha value is -4.47. The van der Waals surface area contributed by atoms with Gasteiger partial charge in [0.05, 0.1) is 24.9 Å². The van der Waals surface area contributed by atoms with Crippen LogP contribution in [-0.4, -0.2) is 69.3 Å². The maximum absolute atomic E-state index is 14.8. The number of carbonyl (C=O) groups is 1. The Morgan fingerprint density at radius 3 is 2.38 bits per heavy atom. The molecule has 10 nitrogen and oxygen atoms in total. The topological polar surface area (TPSA) is 139 Å². The molecule has 0 bridgehead atoms. The van der Waals surface area contributed by atoms with Crippen molar-refractivity contribution in [2.45, 2.75) is 19.1 Å². The molecule has 0 unspecified atom stereocenters. The second kappa shape index (κ2) is 12.6. The number of alkyl halides is 3. The summed E-state index contributed by atoms with van der Waals surface area (Å²) in [6.45, 7) is -1.85. The predicted octanol–water partition coefficient (Wildman–Crippen LogP) is 3.32. The highest BCUT2D eigenvalue weighted by molar-refractivity contribution is 5.96. The van der Waals surface area contributed by atoms with Crippen LogP contribution in [-0.2, 0) is 9.53 Å². The van der Waals surface area contributed by atoms with E-state index >= 15 is 0 Å². The number of para-hydroxylation sites is 1. The van der Waals surface area contributed by atoms with Crippen LogP contribution >= 0.6 is 0 Å². The Labute approximate surface area is 234 Å². The van der Waals surface area contributed by atoms with Gasteiger partial charge in [0.15, 0.2) is 5.65 Å². The number of amides is 1. The van der Waals surface area contributed by atoms with E-state index in [-0.39, 0.29) is 28.4 Å². The average molecular weight is 594 g/mol. The summed E-state index contributed by atoms with van der Waals surface area (Å²) >= 11 is 0. The van der Waals surface area contributed by atoms with Gasteiger partial charge in [0.2, 0.25) is 11.9 Å². The van der Waals surface area contributed by atoms with E-state index in [2.05, 4.69) is 25.3 Å². The number of fused-ring (bicyclic) bond motifs is 1. The zero-order valence-corrected chi connectivity index (χ0v) is 21.9. The molecule has 2 aromatic carbocycles. The molecule has 2 aromatic heterocycles. The molecule has 0 aliphatic carbocycles. The Bertz CT molecular complexity index is 1650. The molecule has 0 radical (unpaired) electrons. The number of ether oxygens (including phenoxy) is 1. The summed E-state index contributed by atoms with van der Waals surface area (Å²) < 4.78 is 71.8. The van der Waals surface area contributed by atoms with Crippen LogP contribution in [0.15, 0.2) is 53.3 Å². The molecule has 0 saturated heterocycles. The van der Waals surface area contributed by atoms with Crippen molar-refractivity contribution in [3.8, 4) is 16.9 Å². The van der Waals surface area contributed by atoms with Crippen LogP contribution in [0.25, 0.3) is 28.0 Å². The van der Waals surface area contributed by atoms with Crippen molar-refractivity contribution in [3.05, 3.63) is 76.1 Å². The first-order chi connectivity index (χ1) is 19.9. The smallest absolute Gasteiger partial charge is 0.394 e. The number of benzene rings is 2. The van der Waals surface area contributed by atoms with E-state index in [4.69, 9.17) is 0 Å². The number of aromatic nitrogens is 3. The van der Waals surface area contributed by atoms with Gasteiger partial charge < -0.3 is 25.6 Å². The van der Waals surface area contributed by atoms with Gasteiger partial charge in [-0.05, 0) is 42.8 Å². The lowest BCUT2D eigenvalue weighted by Gasteiger charge is -2.18. The van der Waals surface area contributed by atoms with Crippen molar-refractivity contribution in [2.75, 3.05) is 37.1 Å². The van der Waals surface area contributed by atoms with Gasteiger partial charge in [-0.2, -0.15) is 18.2 Å². The molecule has 2 heterocycles. The molecule has 1 amide bonds. The number of rotatable bonds is 10. The fraction of sp³-hybridized carbons (Fsp3) is 0.259. The molecule has 0 aliphatic rings. The maximum Gasteiger partial charge on any atom is 0.411 e. The van der Waals surface area contributed by atoms with Gasteiger partial charge in [0, 0.05) is 22.7 Å². The van der Waals surface area contributed by atoms with E-state index in [1.54, 1.807) is 13.0 Å². The summed E-state index contributed by atoms with van der Waals surface area (Å²) in [6, 6.07) is 9.06. The van der Waals surface area contributed by atoms with Crippen LogP contribution in [0, 0.1) is 18.6 Å². The number of aryl methyl sites for hydroxylation is 1. The highest BCUT2D eigenvalue weighted by Crippen LogP contribution is 2.32.